The molecule has 1 aromatic heterocycles. The molecule has 0 aliphatic heterocycles. The Hall–Kier alpha value is -1.63. The van der Waals surface area contributed by atoms with Gasteiger partial charge in [0.05, 0.1) is 7.11 Å². The SMILES string of the molecule is COc1nc(NN)nc(NCC2C(C)(C)C2(C)C)n1. The smallest absolute Gasteiger partial charge is 0.322 e. The van der Waals surface area contributed by atoms with Crippen LogP contribution < -0.4 is 21.3 Å². The molecule has 2 rings (SSSR count). The van der Waals surface area contributed by atoms with E-state index in [1.54, 1.807) is 0 Å². The van der Waals surface area contributed by atoms with Crippen LogP contribution in [0.25, 0.3) is 0 Å². The van der Waals surface area contributed by atoms with Gasteiger partial charge in [-0.05, 0) is 16.7 Å². The van der Waals surface area contributed by atoms with Crippen molar-refractivity contribution in [2.24, 2.45) is 22.6 Å². The van der Waals surface area contributed by atoms with E-state index in [2.05, 4.69) is 53.4 Å². The summed E-state index contributed by atoms with van der Waals surface area (Å²) in [6.45, 7) is 9.93. The minimum absolute atomic E-state index is 0.236. The number of methoxy groups -OCH3 is 1. The van der Waals surface area contributed by atoms with E-state index in [-0.39, 0.29) is 12.0 Å². The molecule has 0 atom stereocenters. The topological polar surface area (TPSA) is 98.0 Å². The molecule has 1 fully saturated rings. The zero-order chi connectivity index (χ0) is 14.3. The van der Waals surface area contributed by atoms with E-state index in [1.165, 1.54) is 7.11 Å². The Bertz CT molecular complexity index is 437. The number of hydrogen-bond donors (Lipinski definition) is 3. The largest absolute Gasteiger partial charge is 0.467 e. The molecule has 1 heterocycles. The van der Waals surface area contributed by atoms with Gasteiger partial charge in [0.15, 0.2) is 0 Å². The molecule has 0 bridgehead atoms. The van der Waals surface area contributed by atoms with Crippen molar-refractivity contribution >= 4 is 11.9 Å². The van der Waals surface area contributed by atoms with Crippen molar-refractivity contribution in [3.63, 3.8) is 0 Å². The molecule has 106 valence electrons. The van der Waals surface area contributed by atoms with Crippen LogP contribution in [0.15, 0.2) is 0 Å². The molecule has 0 unspecified atom stereocenters. The third kappa shape index (κ3) is 2.30. The number of nitrogens with zero attached hydrogens (tertiary/aromatic N) is 3. The number of nitrogens with two attached hydrogens (primary N) is 1. The van der Waals surface area contributed by atoms with Gasteiger partial charge in [-0.25, -0.2) is 5.84 Å². The van der Waals surface area contributed by atoms with Crippen LogP contribution in [-0.2, 0) is 0 Å². The van der Waals surface area contributed by atoms with Crippen molar-refractivity contribution in [1.29, 1.82) is 0 Å². The molecular weight excluding hydrogens is 244 g/mol. The Balaban J connectivity index is 2.05. The molecule has 1 saturated carbocycles. The first-order chi connectivity index (χ1) is 8.82. The molecular formula is C12H22N6O. The van der Waals surface area contributed by atoms with Gasteiger partial charge in [0.2, 0.25) is 11.9 Å². The zero-order valence-corrected chi connectivity index (χ0v) is 12.1. The maximum Gasteiger partial charge on any atom is 0.322 e. The van der Waals surface area contributed by atoms with Gasteiger partial charge >= 0.3 is 6.01 Å². The number of rotatable bonds is 5. The number of aromatic nitrogens is 3. The molecule has 19 heavy (non-hydrogen) atoms. The highest BCUT2D eigenvalue weighted by molar-refractivity contribution is 5.35. The molecule has 0 radical (unpaired) electrons. The van der Waals surface area contributed by atoms with E-state index >= 15 is 0 Å². The summed E-state index contributed by atoms with van der Waals surface area (Å²) in [6.07, 6.45) is 0. The average molecular weight is 266 g/mol. The zero-order valence-electron chi connectivity index (χ0n) is 12.1. The Kier molecular flexibility index (Phi) is 3.25. The number of anilines is 2. The lowest BCUT2D eigenvalue weighted by molar-refractivity contribution is 0.379. The van der Waals surface area contributed by atoms with Gasteiger partial charge in [-0.15, -0.1) is 0 Å². The predicted molar refractivity (Wildman–Crippen MR) is 73.7 cm³/mol. The normalized spacial score (nSPS) is 19.9. The van der Waals surface area contributed by atoms with E-state index in [0.29, 0.717) is 22.7 Å². The van der Waals surface area contributed by atoms with E-state index in [4.69, 9.17) is 10.6 Å². The molecule has 0 saturated heterocycles. The summed E-state index contributed by atoms with van der Waals surface area (Å²) >= 11 is 0. The number of ether oxygens (including phenoxy) is 1. The van der Waals surface area contributed by atoms with Gasteiger partial charge < -0.3 is 10.1 Å². The molecule has 1 aliphatic rings. The maximum atomic E-state index is 5.31. The predicted octanol–water partition coefficient (Wildman–Crippen LogP) is 1.26. The fourth-order valence-corrected chi connectivity index (χ4v) is 2.63. The van der Waals surface area contributed by atoms with Gasteiger partial charge in [-0.1, -0.05) is 27.7 Å². The second kappa shape index (κ2) is 4.48. The van der Waals surface area contributed by atoms with Crippen molar-refractivity contribution in [1.82, 2.24) is 15.0 Å². The van der Waals surface area contributed by atoms with Gasteiger partial charge in [-0.2, -0.15) is 15.0 Å². The second-order valence-electron chi connectivity index (χ2n) is 5.99. The lowest BCUT2D eigenvalue weighted by Crippen LogP contribution is -2.16. The van der Waals surface area contributed by atoms with Crippen molar-refractivity contribution < 1.29 is 4.74 Å². The van der Waals surface area contributed by atoms with Gasteiger partial charge in [-0.3, -0.25) is 5.43 Å². The number of hydrazine groups is 1. The molecule has 0 spiro atoms. The van der Waals surface area contributed by atoms with Crippen molar-refractivity contribution in [2.75, 3.05) is 24.4 Å². The summed E-state index contributed by atoms with van der Waals surface area (Å²) in [4.78, 5) is 12.2. The van der Waals surface area contributed by atoms with Gasteiger partial charge in [0, 0.05) is 6.54 Å². The summed E-state index contributed by atoms with van der Waals surface area (Å²) in [5.41, 5.74) is 3.05. The lowest BCUT2D eigenvalue weighted by atomic mass is 10.0. The maximum absolute atomic E-state index is 5.31. The first-order valence-electron chi connectivity index (χ1n) is 6.33. The third-order valence-corrected chi connectivity index (χ3v) is 4.71. The molecule has 1 aliphatic carbocycles. The van der Waals surface area contributed by atoms with Crippen molar-refractivity contribution in [2.45, 2.75) is 27.7 Å². The van der Waals surface area contributed by atoms with Crippen molar-refractivity contribution in [3.05, 3.63) is 0 Å². The number of hydrogen-bond acceptors (Lipinski definition) is 7. The first kappa shape index (κ1) is 13.8. The Morgan fingerprint density at radius 3 is 2.16 bits per heavy atom. The van der Waals surface area contributed by atoms with Crippen LogP contribution in [0.2, 0.25) is 0 Å². The number of nitrogen functional groups attached to an aromatic ring is 1. The molecule has 0 amide bonds. The fourth-order valence-electron chi connectivity index (χ4n) is 2.63. The number of nitrogens with one attached hydrogen (secondary N) is 2. The Labute approximate surface area is 113 Å². The fraction of sp³-hybridized carbons (Fsp3) is 0.750. The van der Waals surface area contributed by atoms with Crippen LogP contribution in [0.1, 0.15) is 27.7 Å². The monoisotopic (exact) mass is 266 g/mol. The van der Waals surface area contributed by atoms with E-state index in [0.717, 1.165) is 6.54 Å². The lowest BCUT2D eigenvalue weighted by Gasteiger charge is -2.08. The van der Waals surface area contributed by atoms with Crippen molar-refractivity contribution in [3.8, 4) is 6.01 Å². The summed E-state index contributed by atoms with van der Waals surface area (Å²) in [7, 11) is 1.51. The molecule has 7 heteroatoms. The van der Waals surface area contributed by atoms with Crippen LogP contribution in [-0.4, -0.2) is 28.6 Å². The minimum Gasteiger partial charge on any atom is -0.467 e. The highest BCUT2D eigenvalue weighted by Crippen LogP contribution is 2.68. The molecule has 1 aromatic rings. The highest BCUT2D eigenvalue weighted by Gasteiger charge is 2.64. The quantitative estimate of drug-likeness (QED) is 0.545. The van der Waals surface area contributed by atoms with Gasteiger partial charge in [0.1, 0.15) is 0 Å². The molecule has 4 N–H and O–H groups in total. The van der Waals surface area contributed by atoms with E-state index < -0.39 is 0 Å². The first-order valence-corrected chi connectivity index (χ1v) is 6.33. The highest BCUT2D eigenvalue weighted by atomic mass is 16.5. The van der Waals surface area contributed by atoms with E-state index in [1.807, 2.05) is 0 Å². The minimum atomic E-state index is 0.236. The van der Waals surface area contributed by atoms with Crippen LogP contribution in [0.5, 0.6) is 6.01 Å². The standard InChI is InChI=1S/C12H22N6O/c1-11(2)7(12(11,3)4)6-14-8-15-9(18-13)17-10(16-8)19-5/h7H,6,13H2,1-5H3,(H2,14,15,16,17,18). The Morgan fingerprint density at radius 1 is 1.11 bits per heavy atom. The third-order valence-electron chi connectivity index (χ3n) is 4.71. The van der Waals surface area contributed by atoms with E-state index in [9.17, 15) is 0 Å². The Morgan fingerprint density at radius 2 is 1.68 bits per heavy atom. The average Bonchev–Trinajstić information content (AvgIpc) is 2.76. The van der Waals surface area contributed by atoms with Gasteiger partial charge in [0.25, 0.3) is 0 Å². The van der Waals surface area contributed by atoms with Crippen LogP contribution in [0.3, 0.4) is 0 Å². The summed E-state index contributed by atoms with van der Waals surface area (Å²) in [5, 5.41) is 3.23. The second-order valence-corrected chi connectivity index (χ2v) is 5.99. The molecule has 0 aromatic carbocycles. The van der Waals surface area contributed by atoms with Crippen LogP contribution in [0.4, 0.5) is 11.9 Å². The molecule has 7 nitrogen and oxygen atoms in total. The summed E-state index contributed by atoms with van der Waals surface area (Å²) in [5.74, 6) is 6.64. The van der Waals surface area contributed by atoms with Crippen LogP contribution >= 0.6 is 0 Å². The summed E-state index contributed by atoms with van der Waals surface area (Å²) in [6, 6.07) is 0.236. The van der Waals surface area contributed by atoms with Crippen LogP contribution in [0, 0.1) is 16.7 Å². The summed E-state index contributed by atoms with van der Waals surface area (Å²) < 4.78 is 5.00.